The van der Waals surface area contributed by atoms with Crippen LogP contribution in [0.5, 0.6) is 17.2 Å². The predicted octanol–water partition coefficient (Wildman–Crippen LogP) is 4.03. The number of allylic oxidation sites excluding steroid dienone is 1. The first-order valence-corrected chi connectivity index (χ1v) is 8.88. The van der Waals surface area contributed by atoms with Crippen LogP contribution >= 0.6 is 0 Å². The molecule has 1 amide bonds. The number of rotatable bonds is 2. The number of carbonyl (C=O) groups is 1. The quantitative estimate of drug-likeness (QED) is 0.776. The number of nitrogens with zero attached hydrogens (tertiary/aromatic N) is 2. The van der Waals surface area contributed by atoms with Gasteiger partial charge in [0.1, 0.15) is 17.3 Å². The van der Waals surface area contributed by atoms with Crippen LogP contribution in [0.1, 0.15) is 15.9 Å². The lowest BCUT2D eigenvalue weighted by atomic mass is 10.0. The first kappa shape index (κ1) is 18.3. The Bertz CT molecular complexity index is 1150. The molecule has 0 saturated carbocycles. The van der Waals surface area contributed by atoms with Gasteiger partial charge in [0.25, 0.3) is 5.91 Å². The highest BCUT2D eigenvalue weighted by Crippen LogP contribution is 2.39. The minimum absolute atomic E-state index is 0.0778. The van der Waals surface area contributed by atoms with Gasteiger partial charge in [0.2, 0.25) is 0 Å². The van der Waals surface area contributed by atoms with Crippen molar-refractivity contribution >= 4 is 23.4 Å². The second kappa shape index (κ2) is 6.63. The van der Waals surface area contributed by atoms with Gasteiger partial charge >= 0.3 is 6.36 Å². The summed E-state index contributed by atoms with van der Waals surface area (Å²) in [5, 5.41) is 4.36. The van der Waals surface area contributed by atoms with Crippen LogP contribution in [-0.2, 0) is 0 Å². The van der Waals surface area contributed by atoms with Gasteiger partial charge in [-0.15, -0.1) is 13.2 Å². The van der Waals surface area contributed by atoms with Gasteiger partial charge in [0, 0.05) is 30.6 Å². The van der Waals surface area contributed by atoms with Gasteiger partial charge in [-0.2, -0.15) is 0 Å². The molecule has 0 unspecified atom stereocenters. The number of halogens is 3. The number of hydrogen-bond acceptors (Lipinski definition) is 6. The summed E-state index contributed by atoms with van der Waals surface area (Å²) >= 11 is 0. The third-order valence-electron chi connectivity index (χ3n) is 4.61. The first-order chi connectivity index (χ1) is 14.4. The zero-order chi connectivity index (χ0) is 20.9. The summed E-state index contributed by atoms with van der Waals surface area (Å²) in [6, 6.07) is 8.55. The van der Waals surface area contributed by atoms with E-state index >= 15 is 0 Å². The zero-order valence-corrected chi connectivity index (χ0v) is 15.2. The van der Waals surface area contributed by atoms with E-state index in [-0.39, 0.29) is 22.7 Å². The second-order valence-corrected chi connectivity index (χ2v) is 6.61. The molecular formula is C20H13F3N4O3. The standard InChI is InChI=1S/C20H13F3N4O3/c21-20(22,23)30-13-2-4-17-15(8-13)26-19(28)14-7-11(1-3-16(14)29-17)12-9-24-18-5-6-25-27(18)10-12/h1-5,7-10,25H,6H2,(H,26,28). The molecule has 7 nitrogen and oxygen atoms in total. The molecule has 0 aromatic heterocycles. The Morgan fingerprint density at radius 2 is 1.97 bits per heavy atom. The molecule has 0 radical (unpaired) electrons. The third-order valence-corrected chi connectivity index (χ3v) is 4.61. The second-order valence-electron chi connectivity index (χ2n) is 6.61. The van der Waals surface area contributed by atoms with Crippen LogP contribution in [0.25, 0.3) is 5.57 Å². The predicted molar refractivity (Wildman–Crippen MR) is 102 cm³/mol. The molecule has 2 aromatic rings. The lowest BCUT2D eigenvalue weighted by Crippen LogP contribution is -2.28. The number of fused-ring (bicyclic) bond motifs is 3. The number of aliphatic imine (C=N–C) groups is 1. The van der Waals surface area contributed by atoms with Gasteiger partial charge in [0.05, 0.1) is 11.3 Å². The molecule has 152 valence electrons. The van der Waals surface area contributed by atoms with Gasteiger partial charge < -0.3 is 14.8 Å². The molecule has 3 heterocycles. The van der Waals surface area contributed by atoms with Crippen LogP contribution in [0.3, 0.4) is 0 Å². The maximum Gasteiger partial charge on any atom is 0.573 e. The van der Waals surface area contributed by atoms with Crippen molar-refractivity contribution < 1.29 is 27.4 Å². The normalized spacial score (nSPS) is 17.0. The molecule has 10 heteroatoms. The highest BCUT2D eigenvalue weighted by atomic mass is 19.4. The smallest absolute Gasteiger partial charge is 0.454 e. The summed E-state index contributed by atoms with van der Waals surface area (Å²) in [5.74, 6) is 0.318. The number of ether oxygens (including phenoxy) is 2. The van der Waals surface area contributed by atoms with E-state index in [4.69, 9.17) is 4.74 Å². The van der Waals surface area contributed by atoms with Gasteiger partial charge in [-0.1, -0.05) is 6.07 Å². The summed E-state index contributed by atoms with van der Waals surface area (Å²) in [6.45, 7) is 0.676. The Morgan fingerprint density at radius 3 is 2.80 bits per heavy atom. The average molecular weight is 414 g/mol. The lowest BCUT2D eigenvalue weighted by molar-refractivity contribution is -0.274. The maximum atomic E-state index is 12.7. The number of benzene rings is 2. The molecule has 30 heavy (non-hydrogen) atoms. The van der Waals surface area contributed by atoms with Crippen molar-refractivity contribution in [3.8, 4) is 17.2 Å². The highest BCUT2D eigenvalue weighted by Gasteiger charge is 2.32. The minimum Gasteiger partial charge on any atom is -0.454 e. The molecule has 3 aliphatic heterocycles. The van der Waals surface area contributed by atoms with Crippen molar-refractivity contribution in [1.29, 1.82) is 0 Å². The number of amides is 1. The molecule has 5 rings (SSSR count). The topological polar surface area (TPSA) is 75.2 Å². The largest absolute Gasteiger partial charge is 0.573 e. The van der Waals surface area contributed by atoms with Crippen molar-refractivity contribution in [2.75, 3.05) is 11.9 Å². The van der Waals surface area contributed by atoms with Crippen molar-refractivity contribution in [3.05, 3.63) is 65.6 Å². The van der Waals surface area contributed by atoms with E-state index in [1.54, 1.807) is 29.4 Å². The van der Waals surface area contributed by atoms with Crippen LogP contribution in [0.2, 0.25) is 0 Å². The Balaban J connectivity index is 1.46. The molecule has 2 N–H and O–H groups in total. The van der Waals surface area contributed by atoms with E-state index in [0.29, 0.717) is 6.54 Å². The molecule has 0 bridgehead atoms. The summed E-state index contributed by atoms with van der Waals surface area (Å²) in [5.41, 5.74) is 4.96. The molecule has 2 aromatic carbocycles. The number of carbonyl (C=O) groups excluding carboxylic acids is 1. The van der Waals surface area contributed by atoms with E-state index in [9.17, 15) is 18.0 Å². The number of alkyl halides is 3. The molecule has 0 fully saturated rings. The molecule has 0 aliphatic carbocycles. The van der Waals surface area contributed by atoms with E-state index in [2.05, 4.69) is 20.5 Å². The summed E-state index contributed by atoms with van der Waals surface area (Å²) in [6.07, 6.45) is 0.660. The molecule has 0 spiro atoms. The molecule has 3 aliphatic rings. The van der Waals surface area contributed by atoms with E-state index in [0.717, 1.165) is 29.1 Å². The fourth-order valence-electron chi connectivity index (χ4n) is 3.28. The summed E-state index contributed by atoms with van der Waals surface area (Å²) in [7, 11) is 0. The third kappa shape index (κ3) is 3.37. The SMILES string of the molecule is O=C1Nc2cc(OC(F)(F)F)ccc2Oc2ccc(C3=CN4NCC=C4N=C3)cc21. The van der Waals surface area contributed by atoms with Gasteiger partial charge in [-0.25, -0.2) is 10.4 Å². The van der Waals surface area contributed by atoms with Crippen molar-refractivity contribution in [2.45, 2.75) is 6.36 Å². The molecule has 0 saturated heterocycles. The highest BCUT2D eigenvalue weighted by molar-refractivity contribution is 6.13. The van der Waals surface area contributed by atoms with Crippen molar-refractivity contribution in [1.82, 2.24) is 10.4 Å². The summed E-state index contributed by atoms with van der Waals surface area (Å²) < 4.78 is 47.1. The number of hydrazine groups is 1. The maximum absolute atomic E-state index is 12.7. The fourth-order valence-corrected chi connectivity index (χ4v) is 3.28. The van der Waals surface area contributed by atoms with Crippen LogP contribution in [0.15, 0.2) is 59.5 Å². The van der Waals surface area contributed by atoms with Crippen LogP contribution < -0.4 is 20.2 Å². The van der Waals surface area contributed by atoms with E-state index in [1.807, 2.05) is 12.3 Å². The van der Waals surface area contributed by atoms with Gasteiger partial charge in [-0.3, -0.25) is 9.80 Å². The summed E-state index contributed by atoms with van der Waals surface area (Å²) in [4.78, 5) is 17.1. The Morgan fingerprint density at radius 1 is 1.13 bits per heavy atom. The number of anilines is 1. The van der Waals surface area contributed by atoms with Crippen molar-refractivity contribution in [3.63, 3.8) is 0 Å². The zero-order valence-electron chi connectivity index (χ0n) is 15.2. The lowest BCUT2D eigenvalue weighted by Gasteiger charge is -2.20. The number of hydrogen-bond donors (Lipinski definition) is 2. The first-order valence-electron chi connectivity index (χ1n) is 8.88. The number of nitrogens with one attached hydrogen (secondary N) is 2. The van der Waals surface area contributed by atoms with E-state index in [1.165, 1.54) is 6.07 Å². The van der Waals surface area contributed by atoms with Gasteiger partial charge in [-0.05, 0) is 35.9 Å². The fraction of sp³-hybridized carbons (Fsp3) is 0.100. The van der Waals surface area contributed by atoms with Crippen LogP contribution in [0, 0.1) is 0 Å². The van der Waals surface area contributed by atoms with Gasteiger partial charge in [0.15, 0.2) is 5.75 Å². The Labute approximate surface area is 168 Å². The monoisotopic (exact) mass is 414 g/mol. The Hall–Kier alpha value is -3.79. The molecular weight excluding hydrogens is 401 g/mol. The van der Waals surface area contributed by atoms with Crippen LogP contribution in [-0.4, -0.2) is 30.0 Å². The van der Waals surface area contributed by atoms with Crippen molar-refractivity contribution in [2.24, 2.45) is 4.99 Å². The van der Waals surface area contributed by atoms with E-state index < -0.39 is 18.0 Å². The molecule has 0 atom stereocenters. The average Bonchev–Trinajstić information content (AvgIpc) is 3.11. The minimum atomic E-state index is -4.84. The Kier molecular flexibility index (Phi) is 4.03. The van der Waals surface area contributed by atoms with Crippen LogP contribution in [0.4, 0.5) is 18.9 Å².